The third kappa shape index (κ3) is 3.17. The quantitative estimate of drug-likeness (QED) is 0.817. The van der Waals surface area contributed by atoms with Crippen molar-refractivity contribution in [1.29, 1.82) is 0 Å². The lowest BCUT2D eigenvalue weighted by atomic mass is 9.94. The minimum atomic E-state index is 0.137. The molecule has 1 saturated carbocycles. The highest BCUT2D eigenvalue weighted by molar-refractivity contribution is 5.32. The Morgan fingerprint density at radius 2 is 1.89 bits per heavy atom. The lowest BCUT2D eigenvalue weighted by molar-refractivity contribution is 0.288. The minimum absolute atomic E-state index is 0.137. The fourth-order valence-corrected chi connectivity index (χ4v) is 2.55. The maximum atomic E-state index is 9.21. The van der Waals surface area contributed by atoms with Crippen molar-refractivity contribution in [2.24, 2.45) is 5.73 Å². The molecule has 0 aliphatic heterocycles. The monoisotopic (exact) mass is 250 g/mol. The van der Waals surface area contributed by atoms with Crippen molar-refractivity contribution in [3.63, 3.8) is 0 Å². The number of aromatic nitrogens is 2. The number of aliphatic hydroxyl groups excluding tert-OH is 1. The molecule has 1 fully saturated rings. The Morgan fingerprint density at radius 3 is 2.44 bits per heavy atom. The number of nitrogens with two attached hydrogens (primary N) is 1. The van der Waals surface area contributed by atoms with E-state index < -0.39 is 0 Å². The summed E-state index contributed by atoms with van der Waals surface area (Å²) in [7, 11) is 0. The average molecular weight is 250 g/mol. The van der Waals surface area contributed by atoms with Crippen LogP contribution in [0.4, 0.5) is 5.95 Å². The highest BCUT2D eigenvalue weighted by Gasteiger charge is 2.22. The van der Waals surface area contributed by atoms with E-state index in [0.717, 1.165) is 5.56 Å². The standard InChI is InChI=1S/C13H22N4O/c14-8-11-9-15-13(16-10-11)17(6-7-18)12-4-2-1-3-5-12/h9-10,12,18H,1-8,14H2. The Hall–Kier alpha value is -1.20. The van der Waals surface area contributed by atoms with Gasteiger partial charge in [-0.15, -0.1) is 0 Å². The van der Waals surface area contributed by atoms with Crippen LogP contribution in [0, 0.1) is 0 Å². The number of nitrogens with zero attached hydrogens (tertiary/aromatic N) is 3. The van der Waals surface area contributed by atoms with Crippen LogP contribution in [0.3, 0.4) is 0 Å². The molecule has 1 aromatic heterocycles. The second-order valence-electron chi connectivity index (χ2n) is 4.80. The van der Waals surface area contributed by atoms with E-state index in [9.17, 15) is 5.11 Å². The van der Waals surface area contributed by atoms with Gasteiger partial charge in [0.2, 0.25) is 5.95 Å². The number of hydrogen-bond acceptors (Lipinski definition) is 5. The van der Waals surface area contributed by atoms with E-state index in [1.54, 1.807) is 12.4 Å². The summed E-state index contributed by atoms with van der Waals surface area (Å²) in [6.45, 7) is 1.20. The van der Waals surface area contributed by atoms with E-state index in [2.05, 4.69) is 14.9 Å². The largest absolute Gasteiger partial charge is 0.395 e. The van der Waals surface area contributed by atoms with Gasteiger partial charge in [-0.1, -0.05) is 19.3 Å². The molecule has 1 aliphatic rings. The van der Waals surface area contributed by atoms with Crippen LogP contribution < -0.4 is 10.6 Å². The van der Waals surface area contributed by atoms with Gasteiger partial charge >= 0.3 is 0 Å². The topological polar surface area (TPSA) is 75.3 Å². The lowest BCUT2D eigenvalue weighted by Gasteiger charge is -2.33. The highest BCUT2D eigenvalue weighted by atomic mass is 16.3. The second kappa shape index (κ2) is 6.66. The second-order valence-corrected chi connectivity index (χ2v) is 4.80. The van der Waals surface area contributed by atoms with E-state index in [1.165, 1.54) is 32.1 Å². The predicted molar refractivity (Wildman–Crippen MR) is 71.2 cm³/mol. The van der Waals surface area contributed by atoms with Crippen LogP contribution in [0.15, 0.2) is 12.4 Å². The Bertz CT molecular complexity index is 349. The molecule has 3 N–H and O–H groups in total. The van der Waals surface area contributed by atoms with Gasteiger partial charge in [0.25, 0.3) is 0 Å². The van der Waals surface area contributed by atoms with Gasteiger partial charge in [0.15, 0.2) is 0 Å². The fraction of sp³-hybridized carbons (Fsp3) is 0.692. The van der Waals surface area contributed by atoms with E-state index >= 15 is 0 Å². The van der Waals surface area contributed by atoms with Crippen molar-refractivity contribution >= 4 is 5.95 Å². The SMILES string of the molecule is NCc1cnc(N(CCO)C2CCCCC2)nc1. The number of anilines is 1. The molecule has 1 heterocycles. The molecule has 0 saturated heterocycles. The van der Waals surface area contributed by atoms with Gasteiger partial charge in [-0.25, -0.2) is 9.97 Å². The van der Waals surface area contributed by atoms with Gasteiger partial charge < -0.3 is 15.7 Å². The van der Waals surface area contributed by atoms with E-state index in [0.29, 0.717) is 25.1 Å². The summed E-state index contributed by atoms with van der Waals surface area (Å²) < 4.78 is 0. The van der Waals surface area contributed by atoms with Crippen molar-refractivity contribution in [3.8, 4) is 0 Å². The summed E-state index contributed by atoms with van der Waals surface area (Å²) >= 11 is 0. The molecule has 0 amide bonds. The molecule has 5 nitrogen and oxygen atoms in total. The van der Waals surface area contributed by atoms with Crippen molar-refractivity contribution < 1.29 is 5.11 Å². The summed E-state index contributed by atoms with van der Waals surface area (Å²) in [5.41, 5.74) is 6.48. The Balaban J connectivity index is 2.11. The molecule has 1 aromatic rings. The van der Waals surface area contributed by atoms with Crippen LogP contribution in [0.2, 0.25) is 0 Å². The van der Waals surface area contributed by atoms with Crippen LogP contribution >= 0.6 is 0 Å². The molecule has 0 aromatic carbocycles. The maximum absolute atomic E-state index is 9.21. The van der Waals surface area contributed by atoms with Crippen LogP contribution in [-0.4, -0.2) is 34.3 Å². The third-order valence-corrected chi connectivity index (χ3v) is 3.54. The maximum Gasteiger partial charge on any atom is 0.225 e. The first-order chi connectivity index (χ1) is 8.85. The summed E-state index contributed by atoms with van der Waals surface area (Å²) in [5, 5.41) is 9.21. The summed E-state index contributed by atoms with van der Waals surface area (Å²) in [4.78, 5) is 10.9. The zero-order valence-electron chi connectivity index (χ0n) is 10.8. The van der Waals surface area contributed by atoms with Gasteiger partial charge in [0, 0.05) is 37.1 Å². The smallest absolute Gasteiger partial charge is 0.225 e. The normalized spacial score (nSPS) is 16.8. The number of rotatable bonds is 5. The van der Waals surface area contributed by atoms with Crippen LogP contribution in [0.5, 0.6) is 0 Å². The first-order valence-corrected chi connectivity index (χ1v) is 6.73. The van der Waals surface area contributed by atoms with Crippen molar-refractivity contribution in [3.05, 3.63) is 18.0 Å². The fourth-order valence-electron chi connectivity index (χ4n) is 2.55. The van der Waals surface area contributed by atoms with Crippen molar-refractivity contribution in [1.82, 2.24) is 9.97 Å². The summed E-state index contributed by atoms with van der Waals surface area (Å²) in [6.07, 6.45) is 9.71. The van der Waals surface area contributed by atoms with Gasteiger partial charge in [-0.3, -0.25) is 0 Å². The minimum Gasteiger partial charge on any atom is -0.395 e. The Morgan fingerprint density at radius 1 is 1.22 bits per heavy atom. The first kappa shape index (κ1) is 13.2. The predicted octanol–water partition coefficient (Wildman–Crippen LogP) is 1.07. The van der Waals surface area contributed by atoms with E-state index in [1.807, 2.05) is 0 Å². The van der Waals surface area contributed by atoms with Crippen LogP contribution in [0.25, 0.3) is 0 Å². The third-order valence-electron chi connectivity index (χ3n) is 3.54. The van der Waals surface area contributed by atoms with Crippen LogP contribution in [-0.2, 0) is 6.54 Å². The molecule has 2 rings (SSSR count). The highest BCUT2D eigenvalue weighted by Crippen LogP contribution is 2.24. The summed E-state index contributed by atoms with van der Waals surface area (Å²) in [6, 6.07) is 0.467. The average Bonchev–Trinajstić information content (AvgIpc) is 2.46. The van der Waals surface area contributed by atoms with Gasteiger partial charge in [0.05, 0.1) is 6.61 Å². The first-order valence-electron chi connectivity index (χ1n) is 6.73. The van der Waals surface area contributed by atoms with E-state index in [4.69, 9.17) is 5.73 Å². The molecule has 0 radical (unpaired) electrons. The number of hydrogen-bond donors (Lipinski definition) is 2. The molecule has 1 aliphatic carbocycles. The van der Waals surface area contributed by atoms with Gasteiger partial charge in [-0.2, -0.15) is 0 Å². The molecular formula is C13H22N4O. The van der Waals surface area contributed by atoms with Crippen molar-refractivity contribution in [2.45, 2.75) is 44.7 Å². The van der Waals surface area contributed by atoms with Gasteiger partial charge in [-0.05, 0) is 12.8 Å². The summed E-state index contributed by atoms with van der Waals surface area (Å²) in [5.74, 6) is 0.716. The Kier molecular flexibility index (Phi) is 4.90. The molecule has 100 valence electrons. The lowest BCUT2D eigenvalue weighted by Crippen LogP contribution is -2.40. The molecule has 0 unspecified atom stereocenters. The zero-order valence-corrected chi connectivity index (χ0v) is 10.8. The van der Waals surface area contributed by atoms with Crippen LogP contribution in [0.1, 0.15) is 37.7 Å². The van der Waals surface area contributed by atoms with Gasteiger partial charge in [0.1, 0.15) is 0 Å². The molecule has 0 bridgehead atoms. The molecule has 0 atom stereocenters. The molecule has 18 heavy (non-hydrogen) atoms. The Labute approximate surface area is 108 Å². The molecule has 5 heteroatoms. The zero-order chi connectivity index (χ0) is 12.8. The van der Waals surface area contributed by atoms with Crippen molar-refractivity contribution in [2.75, 3.05) is 18.1 Å². The van der Waals surface area contributed by atoms with E-state index in [-0.39, 0.29) is 6.61 Å². The molecule has 0 spiro atoms. The number of aliphatic hydroxyl groups is 1. The molecular weight excluding hydrogens is 228 g/mol.